The van der Waals surface area contributed by atoms with Gasteiger partial charge in [-0.1, -0.05) is 27.7 Å². The second kappa shape index (κ2) is 7.57. The number of rotatable bonds is 9. The Kier molecular flexibility index (Phi) is 7.70. The van der Waals surface area contributed by atoms with Crippen molar-refractivity contribution in [2.45, 2.75) is 73.4 Å². The van der Waals surface area contributed by atoms with Gasteiger partial charge in [0, 0.05) is 18.6 Å². The Morgan fingerprint density at radius 1 is 0.750 bits per heavy atom. The van der Waals surface area contributed by atoms with Gasteiger partial charge in [0.25, 0.3) is 0 Å². The summed E-state index contributed by atoms with van der Waals surface area (Å²) in [7, 11) is -2.97. The van der Waals surface area contributed by atoms with E-state index in [2.05, 4.69) is 67.0 Å². The van der Waals surface area contributed by atoms with Gasteiger partial charge in [0.15, 0.2) is 16.6 Å². The van der Waals surface area contributed by atoms with Crippen LogP contribution in [0.2, 0.25) is 39.3 Å². The number of hydrogen-bond acceptors (Lipinski definition) is 2. The topological polar surface area (TPSA) is 18.5 Å². The van der Waals surface area contributed by atoms with Gasteiger partial charge in [0.1, 0.15) is 0 Å². The van der Waals surface area contributed by atoms with Crippen LogP contribution in [-0.2, 0) is 8.85 Å². The van der Waals surface area contributed by atoms with E-state index < -0.39 is 16.6 Å². The molecule has 0 N–H and O–H groups in total. The van der Waals surface area contributed by atoms with Gasteiger partial charge in [0.2, 0.25) is 0 Å². The van der Waals surface area contributed by atoms with Crippen LogP contribution < -0.4 is 0 Å². The fourth-order valence-corrected chi connectivity index (χ4v) is 3.70. The van der Waals surface area contributed by atoms with Crippen molar-refractivity contribution in [2.24, 2.45) is 17.3 Å². The van der Waals surface area contributed by atoms with Gasteiger partial charge in [0.05, 0.1) is 0 Å². The molecule has 0 atom stereocenters. The number of hydrogen-bond donors (Lipinski definition) is 0. The molecule has 0 rings (SSSR count). The minimum Gasteiger partial charge on any atom is -0.417 e. The molecule has 0 radical (unpaired) electrons. The summed E-state index contributed by atoms with van der Waals surface area (Å²) in [5, 5.41) is 0. The minimum absolute atomic E-state index is 0.161. The molecule has 0 fully saturated rings. The molecule has 0 aromatic carbocycles. The highest BCUT2D eigenvalue weighted by atomic mass is 28.4. The summed E-state index contributed by atoms with van der Waals surface area (Å²) in [5.74, 6) is 1.26. The summed E-state index contributed by atoms with van der Waals surface area (Å²) < 4.78 is 12.6. The third-order valence-electron chi connectivity index (χ3n) is 3.62. The summed E-state index contributed by atoms with van der Waals surface area (Å²) in [6.07, 6.45) is 1.18. The highest BCUT2D eigenvalue weighted by Crippen LogP contribution is 2.37. The van der Waals surface area contributed by atoms with E-state index in [1.807, 2.05) is 0 Å². The zero-order valence-corrected chi connectivity index (χ0v) is 17.6. The summed E-state index contributed by atoms with van der Waals surface area (Å²) in [4.78, 5) is 0. The highest BCUT2D eigenvalue weighted by Gasteiger charge is 2.38. The molecule has 0 aliphatic rings. The van der Waals surface area contributed by atoms with Crippen molar-refractivity contribution in [3.05, 3.63) is 0 Å². The minimum atomic E-state index is -1.48. The Labute approximate surface area is 129 Å². The molecule has 0 aromatic rings. The first kappa shape index (κ1) is 20.4. The molecule has 0 aliphatic carbocycles. The predicted octanol–water partition coefficient (Wildman–Crippen LogP) is 5.38. The molecule has 0 heterocycles. The Bertz CT molecular complexity index is 257. The maximum absolute atomic E-state index is 6.30. The highest BCUT2D eigenvalue weighted by molar-refractivity contribution is 6.70. The average Bonchev–Trinajstić information content (AvgIpc) is 2.19. The molecule has 0 aliphatic heterocycles. The lowest BCUT2D eigenvalue weighted by atomic mass is 9.73. The normalized spacial score (nSPS) is 14.4. The molecule has 0 aromatic heterocycles. The smallest absolute Gasteiger partial charge is 0.183 e. The van der Waals surface area contributed by atoms with Gasteiger partial charge in [-0.3, -0.25) is 0 Å². The van der Waals surface area contributed by atoms with Gasteiger partial charge in [-0.15, -0.1) is 0 Å². The Hall–Kier alpha value is 0.354. The Morgan fingerprint density at radius 2 is 1.10 bits per heavy atom. The Morgan fingerprint density at radius 3 is 1.30 bits per heavy atom. The van der Waals surface area contributed by atoms with Crippen LogP contribution in [0.4, 0.5) is 0 Å². The van der Waals surface area contributed by atoms with Crippen LogP contribution in [0.15, 0.2) is 0 Å². The van der Waals surface area contributed by atoms with Gasteiger partial charge in [-0.2, -0.15) is 0 Å². The molecule has 2 nitrogen and oxygen atoms in total. The van der Waals surface area contributed by atoms with Gasteiger partial charge < -0.3 is 8.85 Å². The van der Waals surface area contributed by atoms with Crippen LogP contribution >= 0.6 is 0 Å². The van der Waals surface area contributed by atoms with E-state index in [9.17, 15) is 0 Å². The molecule has 122 valence electrons. The van der Waals surface area contributed by atoms with Crippen LogP contribution in [0.3, 0.4) is 0 Å². The van der Waals surface area contributed by atoms with Gasteiger partial charge in [-0.05, 0) is 57.5 Å². The van der Waals surface area contributed by atoms with E-state index >= 15 is 0 Å². The van der Waals surface area contributed by atoms with E-state index in [1.165, 1.54) is 6.42 Å². The first-order chi connectivity index (χ1) is 8.77. The molecule has 0 unspecified atom stereocenters. The van der Waals surface area contributed by atoms with E-state index in [0.717, 1.165) is 13.2 Å². The maximum Gasteiger partial charge on any atom is 0.183 e. The second-order valence-corrected chi connectivity index (χ2v) is 17.9. The third-order valence-corrected chi connectivity index (χ3v) is 5.65. The average molecular weight is 319 g/mol. The summed E-state index contributed by atoms with van der Waals surface area (Å²) in [5.41, 5.74) is 0.161. The summed E-state index contributed by atoms with van der Waals surface area (Å²) in [6, 6.07) is 0. The lowest BCUT2D eigenvalue weighted by molar-refractivity contribution is 0.0128. The Balaban J connectivity index is 5.04. The predicted molar refractivity (Wildman–Crippen MR) is 95.3 cm³/mol. The zero-order valence-electron chi connectivity index (χ0n) is 15.6. The molecule has 0 saturated heterocycles. The largest absolute Gasteiger partial charge is 0.417 e. The van der Waals surface area contributed by atoms with E-state index in [-0.39, 0.29) is 5.41 Å². The van der Waals surface area contributed by atoms with Crippen molar-refractivity contribution in [1.82, 2.24) is 0 Å². The molecule has 20 heavy (non-hydrogen) atoms. The van der Waals surface area contributed by atoms with E-state index in [1.54, 1.807) is 0 Å². The van der Waals surface area contributed by atoms with Crippen molar-refractivity contribution < 1.29 is 8.85 Å². The summed E-state index contributed by atoms with van der Waals surface area (Å²) >= 11 is 0. The van der Waals surface area contributed by atoms with Gasteiger partial charge >= 0.3 is 0 Å². The van der Waals surface area contributed by atoms with Crippen LogP contribution in [0.25, 0.3) is 0 Å². The van der Waals surface area contributed by atoms with Crippen molar-refractivity contribution in [3.63, 3.8) is 0 Å². The van der Waals surface area contributed by atoms with Crippen molar-refractivity contribution in [1.29, 1.82) is 0 Å². The second-order valence-electron chi connectivity index (χ2n) is 8.92. The molecule has 4 heteroatoms. The molecule has 0 spiro atoms. The first-order valence-corrected chi connectivity index (χ1v) is 14.9. The van der Waals surface area contributed by atoms with E-state index in [0.29, 0.717) is 11.8 Å². The molecular weight excluding hydrogens is 280 g/mol. The molecule has 0 amide bonds. The van der Waals surface area contributed by atoms with Crippen molar-refractivity contribution in [3.8, 4) is 0 Å². The van der Waals surface area contributed by atoms with Crippen LogP contribution in [0.1, 0.15) is 34.1 Å². The van der Waals surface area contributed by atoms with E-state index in [4.69, 9.17) is 8.85 Å². The van der Waals surface area contributed by atoms with Gasteiger partial charge in [-0.25, -0.2) is 0 Å². The van der Waals surface area contributed by atoms with Crippen LogP contribution in [0, 0.1) is 17.3 Å². The lowest BCUT2D eigenvalue weighted by Crippen LogP contribution is -2.45. The van der Waals surface area contributed by atoms with Crippen LogP contribution in [-0.4, -0.2) is 29.8 Å². The quantitative estimate of drug-likeness (QED) is 0.531. The SMILES string of the molecule is CC(C)CC(CO[Si](C)(C)C)(CO[Si](C)(C)C)C(C)C. The fraction of sp³-hybridized carbons (Fsp3) is 1.00. The standard InChI is InChI=1S/C16H38O2Si2/c1-14(2)11-16(15(3)4,12-17-19(5,6)7)13-18-20(8,9)10/h14-15H,11-13H2,1-10H3. The first-order valence-electron chi connectivity index (χ1n) is 8.05. The van der Waals surface area contributed by atoms with Crippen molar-refractivity contribution >= 4 is 16.6 Å². The molecule has 0 saturated carbocycles. The lowest BCUT2D eigenvalue weighted by Gasteiger charge is -2.42. The summed E-state index contributed by atoms with van der Waals surface area (Å²) in [6.45, 7) is 24.6. The monoisotopic (exact) mass is 318 g/mol. The fourth-order valence-electron chi connectivity index (χ4n) is 2.26. The zero-order chi connectivity index (χ0) is 16.2. The molecular formula is C16H38O2Si2. The van der Waals surface area contributed by atoms with Crippen molar-refractivity contribution in [2.75, 3.05) is 13.2 Å². The maximum atomic E-state index is 6.30. The third kappa shape index (κ3) is 8.60. The molecule has 0 bridgehead atoms. The van der Waals surface area contributed by atoms with Crippen LogP contribution in [0.5, 0.6) is 0 Å².